The van der Waals surface area contributed by atoms with Crippen LogP contribution in [0.4, 0.5) is 0 Å². The maximum absolute atomic E-state index is 11.6. The van der Waals surface area contributed by atoms with E-state index >= 15 is 0 Å². The zero-order valence-electron chi connectivity index (χ0n) is 11.7. The Bertz CT molecular complexity index is 469. The first kappa shape index (κ1) is 13.6. The van der Waals surface area contributed by atoms with Crippen LogP contribution in [0.15, 0.2) is 30.3 Å². The number of likely N-dealkylation sites (tertiary alicyclic amines) is 1. The zero-order valence-corrected chi connectivity index (χ0v) is 11.7. The lowest BCUT2D eigenvalue weighted by Gasteiger charge is -2.36. The van der Waals surface area contributed by atoms with Gasteiger partial charge >= 0.3 is 5.97 Å². The van der Waals surface area contributed by atoms with Gasteiger partial charge in [0.25, 0.3) is 0 Å². The second kappa shape index (κ2) is 5.54. The minimum Gasteiger partial charge on any atom is -0.481 e. The quantitative estimate of drug-likeness (QED) is 0.878. The van der Waals surface area contributed by atoms with E-state index in [0.717, 1.165) is 39.0 Å². The third-order valence-corrected chi connectivity index (χ3v) is 4.86. The van der Waals surface area contributed by atoms with Crippen LogP contribution >= 0.6 is 0 Å². The Labute approximate surface area is 119 Å². The number of nitrogens with one attached hydrogen (secondary N) is 1. The van der Waals surface area contributed by atoms with Crippen LogP contribution in [0.2, 0.25) is 0 Å². The molecule has 0 saturated carbocycles. The number of hydrogen-bond acceptors (Lipinski definition) is 3. The topological polar surface area (TPSA) is 52.6 Å². The van der Waals surface area contributed by atoms with Crippen LogP contribution in [-0.4, -0.2) is 42.2 Å². The van der Waals surface area contributed by atoms with Crippen molar-refractivity contribution in [1.29, 1.82) is 0 Å². The van der Waals surface area contributed by atoms with E-state index in [1.165, 1.54) is 5.56 Å². The fraction of sp³-hybridized carbons (Fsp3) is 0.562. The molecule has 1 atom stereocenters. The first-order valence-electron chi connectivity index (χ1n) is 7.39. The molecular weight excluding hydrogens is 252 g/mol. The number of carbonyl (C=O) groups is 1. The summed E-state index contributed by atoms with van der Waals surface area (Å²) in [6, 6.07) is 10.3. The highest BCUT2D eigenvalue weighted by atomic mass is 16.4. The maximum Gasteiger partial charge on any atom is 0.308 e. The molecule has 2 N–H and O–H groups in total. The van der Waals surface area contributed by atoms with E-state index < -0.39 is 5.97 Å². The van der Waals surface area contributed by atoms with Crippen LogP contribution < -0.4 is 5.32 Å². The highest BCUT2D eigenvalue weighted by Crippen LogP contribution is 2.43. The molecule has 20 heavy (non-hydrogen) atoms. The minimum absolute atomic E-state index is 0.0220. The molecule has 0 amide bonds. The number of carboxylic acids is 1. The molecule has 1 aromatic carbocycles. The van der Waals surface area contributed by atoms with Crippen molar-refractivity contribution in [3.63, 3.8) is 0 Å². The van der Waals surface area contributed by atoms with Gasteiger partial charge in [-0.2, -0.15) is 0 Å². The lowest BCUT2D eigenvalue weighted by Crippen LogP contribution is -2.44. The predicted octanol–water partition coefficient (Wildman–Crippen LogP) is 1.57. The Hall–Kier alpha value is -1.39. The summed E-state index contributed by atoms with van der Waals surface area (Å²) < 4.78 is 0. The number of rotatable bonds is 3. The highest BCUT2D eigenvalue weighted by molar-refractivity contribution is 5.72. The third-order valence-electron chi connectivity index (χ3n) is 4.86. The summed E-state index contributed by atoms with van der Waals surface area (Å²) >= 11 is 0. The molecule has 4 heteroatoms. The largest absolute Gasteiger partial charge is 0.481 e. The van der Waals surface area contributed by atoms with Crippen LogP contribution in [-0.2, 0) is 11.3 Å². The maximum atomic E-state index is 11.6. The van der Waals surface area contributed by atoms with E-state index in [2.05, 4.69) is 22.3 Å². The third kappa shape index (κ3) is 2.58. The van der Waals surface area contributed by atoms with Crippen molar-refractivity contribution in [2.24, 2.45) is 11.3 Å². The van der Waals surface area contributed by atoms with Crippen molar-refractivity contribution in [1.82, 2.24) is 10.2 Å². The zero-order chi connectivity index (χ0) is 14.0. The van der Waals surface area contributed by atoms with E-state index in [4.69, 9.17) is 0 Å². The van der Waals surface area contributed by atoms with Gasteiger partial charge in [-0.1, -0.05) is 30.3 Å². The fourth-order valence-electron chi connectivity index (χ4n) is 3.81. The Morgan fingerprint density at radius 3 is 2.65 bits per heavy atom. The second-order valence-electron chi connectivity index (χ2n) is 6.16. The molecule has 2 aliphatic heterocycles. The van der Waals surface area contributed by atoms with Crippen molar-refractivity contribution in [2.45, 2.75) is 19.4 Å². The Balaban J connectivity index is 1.74. The van der Waals surface area contributed by atoms with Gasteiger partial charge in [-0.05, 0) is 36.9 Å². The Morgan fingerprint density at radius 1 is 1.30 bits per heavy atom. The lowest BCUT2D eigenvalue weighted by molar-refractivity contribution is -0.145. The van der Waals surface area contributed by atoms with E-state index in [1.54, 1.807) is 0 Å². The molecule has 0 bridgehead atoms. The van der Waals surface area contributed by atoms with Gasteiger partial charge in [-0.3, -0.25) is 9.69 Å². The molecule has 2 saturated heterocycles. The van der Waals surface area contributed by atoms with Gasteiger partial charge in [-0.15, -0.1) is 0 Å². The Kier molecular flexibility index (Phi) is 3.76. The molecule has 1 spiro atoms. The van der Waals surface area contributed by atoms with Crippen LogP contribution in [0.25, 0.3) is 0 Å². The summed E-state index contributed by atoms with van der Waals surface area (Å²) in [4.78, 5) is 13.9. The van der Waals surface area contributed by atoms with Crippen molar-refractivity contribution in [2.75, 3.05) is 26.2 Å². The summed E-state index contributed by atoms with van der Waals surface area (Å²) in [6.45, 7) is 4.36. The van der Waals surface area contributed by atoms with Gasteiger partial charge in [0.15, 0.2) is 0 Å². The molecular formula is C16H22N2O2. The van der Waals surface area contributed by atoms with Gasteiger partial charge in [-0.25, -0.2) is 0 Å². The van der Waals surface area contributed by atoms with Gasteiger partial charge in [0.1, 0.15) is 0 Å². The minimum atomic E-state index is -0.623. The molecule has 1 aromatic rings. The number of carboxylic acid groups (broad SMARTS) is 1. The fourth-order valence-corrected chi connectivity index (χ4v) is 3.81. The van der Waals surface area contributed by atoms with Crippen LogP contribution in [0.5, 0.6) is 0 Å². The first-order chi connectivity index (χ1) is 9.70. The van der Waals surface area contributed by atoms with Gasteiger partial charge in [0, 0.05) is 19.6 Å². The summed E-state index contributed by atoms with van der Waals surface area (Å²) in [6.07, 6.45) is 1.96. The number of nitrogens with zero attached hydrogens (tertiary/aromatic N) is 1. The van der Waals surface area contributed by atoms with Crippen LogP contribution in [0.1, 0.15) is 18.4 Å². The molecule has 2 aliphatic rings. The average Bonchev–Trinajstić information content (AvgIpc) is 2.79. The predicted molar refractivity (Wildman–Crippen MR) is 77.4 cm³/mol. The number of piperidine rings is 1. The summed E-state index contributed by atoms with van der Waals surface area (Å²) in [5.41, 5.74) is 1.24. The first-order valence-corrected chi connectivity index (χ1v) is 7.39. The summed E-state index contributed by atoms with van der Waals surface area (Å²) in [5, 5.41) is 12.9. The molecule has 0 aromatic heterocycles. The molecule has 2 heterocycles. The molecule has 4 nitrogen and oxygen atoms in total. The van der Waals surface area contributed by atoms with E-state index in [0.29, 0.717) is 6.54 Å². The summed E-state index contributed by atoms with van der Waals surface area (Å²) in [5.74, 6) is -0.837. The number of hydrogen-bond donors (Lipinski definition) is 2. The van der Waals surface area contributed by atoms with Gasteiger partial charge in [0.05, 0.1) is 5.92 Å². The molecule has 2 fully saturated rings. The number of benzene rings is 1. The lowest BCUT2D eigenvalue weighted by atomic mass is 9.71. The molecule has 0 radical (unpaired) electrons. The van der Waals surface area contributed by atoms with Crippen molar-refractivity contribution in [3.05, 3.63) is 35.9 Å². The van der Waals surface area contributed by atoms with Crippen molar-refractivity contribution in [3.8, 4) is 0 Å². The highest BCUT2D eigenvalue weighted by Gasteiger charge is 2.50. The van der Waals surface area contributed by atoms with E-state index in [-0.39, 0.29) is 11.3 Å². The normalized spacial score (nSPS) is 25.9. The molecule has 108 valence electrons. The monoisotopic (exact) mass is 274 g/mol. The SMILES string of the molecule is O=C(O)C1CN(Cc2ccccc2)CC12CCNCC2. The standard InChI is InChI=1S/C16H22N2O2/c19-15(20)14-11-18(10-13-4-2-1-3-5-13)12-16(14)6-8-17-9-7-16/h1-5,14,17H,6-12H2,(H,19,20). The number of aliphatic carboxylic acids is 1. The van der Waals surface area contributed by atoms with E-state index in [1.807, 2.05) is 18.2 Å². The molecule has 1 unspecified atom stereocenters. The summed E-state index contributed by atoms with van der Waals surface area (Å²) in [7, 11) is 0. The smallest absolute Gasteiger partial charge is 0.308 e. The van der Waals surface area contributed by atoms with Crippen LogP contribution in [0.3, 0.4) is 0 Å². The van der Waals surface area contributed by atoms with Gasteiger partial charge < -0.3 is 10.4 Å². The van der Waals surface area contributed by atoms with Gasteiger partial charge in [0.2, 0.25) is 0 Å². The molecule has 3 rings (SSSR count). The van der Waals surface area contributed by atoms with Crippen molar-refractivity contribution < 1.29 is 9.90 Å². The molecule has 0 aliphatic carbocycles. The van der Waals surface area contributed by atoms with Crippen molar-refractivity contribution >= 4 is 5.97 Å². The Morgan fingerprint density at radius 2 is 2.00 bits per heavy atom. The average molecular weight is 274 g/mol. The second-order valence-corrected chi connectivity index (χ2v) is 6.16. The van der Waals surface area contributed by atoms with E-state index in [9.17, 15) is 9.90 Å². The van der Waals surface area contributed by atoms with Crippen LogP contribution in [0, 0.1) is 11.3 Å².